The highest BCUT2D eigenvalue weighted by molar-refractivity contribution is 5.40. The standard InChI is InChI=1S/C18H21NO2/c19-18(11-6-13-20-15-7-2-1-3-8-15)12-14-21-17-10-5-4-9-16(17)18/h1-5,7-10H,6,11-14,19H2. The minimum atomic E-state index is -0.297. The quantitative estimate of drug-likeness (QED) is 0.854. The van der Waals surface area contributed by atoms with Crippen molar-refractivity contribution in [3.05, 3.63) is 60.2 Å². The second kappa shape index (κ2) is 6.19. The maximum absolute atomic E-state index is 6.61. The molecule has 0 aromatic heterocycles. The number of fused-ring (bicyclic) bond motifs is 1. The van der Waals surface area contributed by atoms with Crippen LogP contribution in [0.25, 0.3) is 0 Å². The molecule has 3 rings (SSSR count). The van der Waals surface area contributed by atoms with Crippen LogP contribution >= 0.6 is 0 Å². The summed E-state index contributed by atoms with van der Waals surface area (Å²) in [4.78, 5) is 0. The molecule has 3 nitrogen and oxygen atoms in total. The van der Waals surface area contributed by atoms with Gasteiger partial charge in [0.05, 0.1) is 13.2 Å². The van der Waals surface area contributed by atoms with Crippen LogP contribution in [0.3, 0.4) is 0 Å². The SMILES string of the molecule is NC1(CCCOc2ccccc2)CCOc2ccccc21. The van der Waals surface area contributed by atoms with Crippen molar-refractivity contribution in [2.24, 2.45) is 5.73 Å². The van der Waals surface area contributed by atoms with Gasteiger partial charge in [0.2, 0.25) is 0 Å². The van der Waals surface area contributed by atoms with Crippen LogP contribution in [-0.2, 0) is 5.54 Å². The fourth-order valence-corrected chi connectivity index (χ4v) is 2.84. The maximum atomic E-state index is 6.61. The van der Waals surface area contributed by atoms with E-state index in [-0.39, 0.29) is 5.54 Å². The Morgan fingerprint density at radius 2 is 1.81 bits per heavy atom. The highest BCUT2D eigenvalue weighted by Crippen LogP contribution is 2.37. The van der Waals surface area contributed by atoms with Gasteiger partial charge in [-0.15, -0.1) is 0 Å². The lowest BCUT2D eigenvalue weighted by molar-refractivity contribution is 0.196. The molecule has 0 saturated heterocycles. The van der Waals surface area contributed by atoms with Gasteiger partial charge in [0.1, 0.15) is 11.5 Å². The van der Waals surface area contributed by atoms with Gasteiger partial charge in [-0.1, -0.05) is 36.4 Å². The van der Waals surface area contributed by atoms with Gasteiger partial charge < -0.3 is 15.2 Å². The third kappa shape index (κ3) is 3.19. The second-order valence-corrected chi connectivity index (χ2v) is 5.52. The number of para-hydroxylation sites is 2. The van der Waals surface area contributed by atoms with Gasteiger partial charge in [-0.2, -0.15) is 0 Å². The van der Waals surface area contributed by atoms with Crippen LogP contribution in [0.1, 0.15) is 24.8 Å². The van der Waals surface area contributed by atoms with E-state index in [9.17, 15) is 0 Å². The lowest BCUT2D eigenvalue weighted by Crippen LogP contribution is -2.41. The summed E-state index contributed by atoms with van der Waals surface area (Å²) in [6.07, 6.45) is 2.69. The van der Waals surface area contributed by atoms with E-state index >= 15 is 0 Å². The summed E-state index contributed by atoms with van der Waals surface area (Å²) in [7, 11) is 0. The van der Waals surface area contributed by atoms with E-state index in [0.29, 0.717) is 13.2 Å². The molecule has 0 amide bonds. The lowest BCUT2D eigenvalue weighted by Gasteiger charge is -2.35. The maximum Gasteiger partial charge on any atom is 0.124 e. The van der Waals surface area contributed by atoms with Gasteiger partial charge >= 0.3 is 0 Å². The van der Waals surface area contributed by atoms with Crippen LogP contribution in [-0.4, -0.2) is 13.2 Å². The molecule has 1 heterocycles. The van der Waals surface area contributed by atoms with Crippen LogP contribution < -0.4 is 15.2 Å². The monoisotopic (exact) mass is 283 g/mol. The summed E-state index contributed by atoms with van der Waals surface area (Å²) in [6.45, 7) is 1.37. The zero-order chi connectivity index (χ0) is 14.5. The summed E-state index contributed by atoms with van der Waals surface area (Å²) in [5.74, 6) is 1.84. The molecule has 2 N–H and O–H groups in total. The number of hydrogen-bond donors (Lipinski definition) is 1. The van der Waals surface area contributed by atoms with E-state index in [0.717, 1.165) is 36.3 Å². The molecule has 0 saturated carbocycles. The number of rotatable bonds is 5. The van der Waals surface area contributed by atoms with Crippen molar-refractivity contribution < 1.29 is 9.47 Å². The molecule has 3 heteroatoms. The average molecular weight is 283 g/mol. The highest BCUT2D eigenvalue weighted by atomic mass is 16.5. The molecule has 110 valence electrons. The minimum Gasteiger partial charge on any atom is -0.494 e. The smallest absolute Gasteiger partial charge is 0.124 e. The Balaban J connectivity index is 1.58. The number of benzene rings is 2. The molecule has 1 atom stereocenters. The van der Waals surface area contributed by atoms with Gasteiger partial charge in [-0.3, -0.25) is 0 Å². The highest BCUT2D eigenvalue weighted by Gasteiger charge is 2.33. The van der Waals surface area contributed by atoms with E-state index in [2.05, 4.69) is 6.07 Å². The van der Waals surface area contributed by atoms with Crippen LogP contribution in [0.15, 0.2) is 54.6 Å². The molecule has 0 spiro atoms. The third-order valence-corrected chi connectivity index (χ3v) is 4.01. The summed E-state index contributed by atoms with van der Waals surface area (Å²) >= 11 is 0. The molecular weight excluding hydrogens is 262 g/mol. The average Bonchev–Trinajstić information content (AvgIpc) is 2.53. The van der Waals surface area contributed by atoms with E-state index in [4.69, 9.17) is 15.2 Å². The normalized spacial score (nSPS) is 20.4. The molecular formula is C18H21NO2. The molecule has 2 aromatic carbocycles. The Bertz CT molecular complexity index is 585. The van der Waals surface area contributed by atoms with Crippen molar-refractivity contribution in [3.63, 3.8) is 0 Å². The van der Waals surface area contributed by atoms with Crippen molar-refractivity contribution in [1.82, 2.24) is 0 Å². The minimum absolute atomic E-state index is 0.297. The van der Waals surface area contributed by atoms with Crippen LogP contribution in [0, 0.1) is 0 Å². The molecule has 0 aliphatic carbocycles. The first kappa shape index (κ1) is 14.0. The predicted molar refractivity (Wildman–Crippen MR) is 83.6 cm³/mol. The Kier molecular flexibility index (Phi) is 4.11. The fraction of sp³-hybridized carbons (Fsp3) is 0.333. The topological polar surface area (TPSA) is 44.5 Å². The van der Waals surface area contributed by atoms with Crippen LogP contribution in [0.5, 0.6) is 11.5 Å². The first-order valence-corrected chi connectivity index (χ1v) is 7.47. The molecule has 0 bridgehead atoms. The van der Waals surface area contributed by atoms with Crippen molar-refractivity contribution in [3.8, 4) is 11.5 Å². The van der Waals surface area contributed by atoms with E-state index in [1.807, 2.05) is 48.5 Å². The van der Waals surface area contributed by atoms with Crippen LogP contribution in [0.4, 0.5) is 0 Å². The largest absolute Gasteiger partial charge is 0.494 e. The molecule has 1 unspecified atom stereocenters. The summed E-state index contributed by atoms with van der Waals surface area (Å²) in [6, 6.07) is 18.0. The molecule has 21 heavy (non-hydrogen) atoms. The van der Waals surface area contributed by atoms with Crippen molar-refractivity contribution >= 4 is 0 Å². The molecule has 2 aromatic rings. The lowest BCUT2D eigenvalue weighted by atomic mass is 9.82. The molecule has 1 aliphatic rings. The van der Waals surface area contributed by atoms with Gasteiger partial charge in [0, 0.05) is 17.5 Å². The predicted octanol–water partition coefficient (Wildman–Crippen LogP) is 3.48. The zero-order valence-corrected chi connectivity index (χ0v) is 12.1. The Labute approximate surface area is 125 Å². The first-order valence-electron chi connectivity index (χ1n) is 7.47. The first-order chi connectivity index (χ1) is 10.3. The molecule has 0 radical (unpaired) electrons. The molecule has 1 aliphatic heterocycles. The van der Waals surface area contributed by atoms with Gasteiger partial charge in [0.15, 0.2) is 0 Å². The second-order valence-electron chi connectivity index (χ2n) is 5.52. The number of ether oxygens (including phenoxy) is 2. The number of nitrogens with two attached hydrogens (primary N) is 1. The van der Waals surface area contributed by atoms with E-state index in [1.165, 1.54) is 0 Å². The Hall–Kier alpha value is -2.00. The Morgan fingerprint density at radius 1 is 1.05 bits per heavy atom. The van der Waals surface area contributed by atoms with Gasteiger partial charge in [0.25, 0.3) is 0 Å². The molecule has 0 fully saturated rings. The van der Waals surface area contributed by atoms with Crippen molar-refractivity contribution in [2.75, 3.05) is 13.2 Å². The van der Waals surface area contributed by atoms with Crippen molar-refractivity contribution in [1.29, 1.82) is 0 Å². The third-order valence-electron chi connectivity index (χ3n) is 4.01. The van der Waals surface area contributed by atoms with E-state index < -0.39 is 0 Å². The van der Waals surface area contributed by atoms with Gasteiger partial charge in [-0.25, -0.2) is 0 Å². The zero-order valence-electron chi connectivity index (χ0n) is 12.1. The fourth-order valence-electron chi connectivity index (χ4n) is 2.84. The summed E-state index contributed by atoms with van der Waals surface area (Å²) in [5, 5.41) is 0. The summed E-state index contributed by atoms with van der Waals surface area (Å²) in [5.41, 5.74) is 7.44. The van der Waals surface area contributed by atoms with E-state index in [1.54, 1.807) is 0 Å². The van der Waals surface area contributed by atoms with Gasteiger partial charge in [-0.05, 0) is 31.0 Å². The summed E-state index contributed by atoms with van der Waals surface area (Å²) < 4.78 is 11.4. The Morgan fingerprint density at radius 3 is 2.67 bits per heavy atom. The van der Waals surface area contributed by atoms with Crippen molar-refractivity contribution in [2.45, 2.75) is 24.8 Å². The van der Waals surface area contributed by atoms with Crippen LogP contribution in [0.2, 0.25) is 0 Å². The number of hydrogen-bond acceptors (Lipinski definition) is 3.